The molecule has 1 saturated carbocycles. The molecule has 0 aromatic carbocycles. The molecule has 1 aliphatic carbocycles. The van der Waals surface area contributed by atoms with Gasteiger partial charge in [-0.1, -0.05) is 0 Å². The van der Waals surface area contributed by atoms with E-state index in [0.717, 1.165) is 25.7 Å². The standard InChI is InChI=1S/C16H15BrN6O2/c17-13-5-12(7-20-14(13)6-18)25-11-3-1-10(2-4-11)22-16(24)15-8-19-9-21-23-15/h5,7-11H,1-4H2,(H,22,24)/t10-,11-. The zero-order valence-electron chi connectivity index (χ0n) is 13.2. The highest BCUT2D eigenvalue weighted by molar-refractivity contribution is 9.10. The molecule has 2 aromatic heterocycles. The molecule has 9 heteroatoms. The number of pyridine rings is 1. The molecule has 1 amide bonds. The summed E-state index contributed by atoms with van der Waals surface area (Å²) in [4.78, 5) is 19.9. The number of rotatable bonds is 4. The molecule has 0 saturated heterocycles. The first kappa shape index (κ1) is 17.2. The second-order valence-corrected chi connectivity index (χ2v) is 6.53. The molecular formula is C16H15BrN6O2. The number of nitrogens with one attached hydrogen (secondary N) is 1. The van der Waals surface area contributed by atoms with Gasteiger partial charge in [0.05, 0.1) is 23.0 Å². The average Bonchev–Trinajstić information content (AvgIpc) is 2.64. The van der Waals surface area contributed by atoms with Crippen molar-refractivity contribution in [1.82, 2.24) is 25.5 Å². The van der Waals surface area contributed by atoms with Gasteiger partial charge in [0, 0.05) is 6.04 Å². The second-order valence-electron chi connectivity index (χ2n) is 5.67. The Hall–Kier alpha value is -2.60. The maximum atomic E-state index is 12.1. The van der Waals surface area contributed by atoms with Crippen molar-refractivity contribution in [2.45, 2.75) is 37.8 Å². The highest BCUT2D eigenvalue weighted by Crippen LogP contribution is 2.26. The van der Waals surface area contributed by atoms with Gasteiger partial charge in [-0.05, 0) is 47.7 Å². The van der Waals surface area contributed by atoms with Gasteiger partial charge in [0.2, 0.25) is 0 Å². The summed E-state index contributed by atoms with van der Waals surface area (Å²) in [5.74, 6) is 0.370. The molecule has 25 heavy (non-hydrogen) atoms. The van der Waals surface area contributed by atoms with E-state index in [0.29, 0.717) is 15.9 Å². The Morgan fingerprint density at radius 2 is 2.12 bits per heavy atom. The molecule has 0 spiro atoms. The number of amides is 1. The number of aromatic nitrogens is 4. The lowest BCUT2D eigenvalue weighted by atomic mass is 9.93. The third kappa shape index (κ3) is 4.48. The third-order valence-electron chi connectivity index (χ3n) is 3.95. The van der Waals surface area contributed by atoms with Gasteiger partial charge in [0.15, 0.2) is 11.4 Å². The normalized spacial score (nSPS) is 19.7. The van der Waals surface area contributed by atoms with Crippen molar-refractivity contribution in [1.29, 1.82) is 5.26 Å². The number of carbonyl (C=O) groups is 1. The van der Waals surface area contributed by atoms with Crippen LogP contribution in [-0.4, -0.2) is 38.2 Å². The Labute approximate surface area is 152 Å². The molecule has 2 aromatic rings. The number of nitrogens with zero attached hydrogens (tertiary/aromatic N) is 5. The summed E-state index contributed by atoms with van der Waals surface area (Å²) in [6.45, 7) is 0. The second kappa shape index (κ2) is 7.98. The Bertz CT molecular complexity index is 787. The molecule has 0 bridgehead atoms. The van der Waals surface area contributed by atoms with Crippen LogP contribution in [0.4, 0.5) is 0 Å². The van der Waals surface area contributed by atoms with Crippen LogP contribution in [0.15, 0.2) is 29.3 Å². The van der Waals surface area contributed by atoms with Crippen LogP contribution in [0.25, 0.3) is 0 Å². The molecule has 0 unspecified atom stereocenters. The van der Waals surface area contributed by atoms with E-state index in [1.54, 1.807) is 12.3 Å². The zero-order valence-corrected chi connectivity index (χ0v) is 14.8. The largest absolute Gasteiger partial charge is 0.489 e. The van der Waals surface area contributed by atoms with Gasteiger partial charge in [-0.15, -0.1) is 10.2 Å². The summed E-state index contributed by atoms with van der Waals surface area (Å²) in [5, 5.41) is 19.2. The van der Waals surface area contributed by atoms with Crippen molar-refractivity contribution < 1.29 is 9.53 Å². The number of carbonyl (C=O) groups excluding carboxylic acids is 1. The monoisotopic (exact) mass is 402 g/mol. The van der Waals surface area contributed by atoms with Crippen molar-refractivity contribution in [3.05, 3.63) is 40.6 Å². The first-order valence-corrected chi connectivity index (χ1v) is 8.61. The summed E-state index contributed by atoms with van der Waals surface area (Å²) in [6.07, 6.45) is 7.57. The number of ether oxygens (including phenoxy) is 1. The van der Waals surface area contributed by atoms with Gasteiger partial charge >= 0.3 is 0 Å². The van der Waals surface area contributed by atoms with E-state index < -0.39 is 0 Å². The van der Waals surface area contributed by atoms with Crippen LogP contribution in [0, 0.1) is 11.3 Å². The first-order chi connectivity index (χ1) is 12.2. The zero-order chi connectivity index (χ0) is 17.6. The number of nitriles is 1. The van der Waals surface area contributed by atoms with Crippen LogP contribution in [-0.2, 0) is 0 Å². The highest BCUT2D eigenvalue weighted by atomic mass is 79.9. The maximum absolute atomic E-state index is 12.1. The Morgan fingerprint density at radius 3 is 2.76 bits per heavy atom. The molecule has 128 valence electrons. The van der Waals surface area contributed by atoms with E-state index in [9.17, 15) is 4.79 Å². The number of halogens is 1. The highest BCUT2D eigenvalue weighted by Gasteiger charge is 2.24. The Morgan fingerprint density at radius 1 is 1.32 bits per heavy atom. The predicted molar refractivity (Wildman–Crippen MR) is 90.6 cm³/mol. The van der Waals surface area contributed by atoms with E-state index >= 15 is 0 Å². The van der Waals surface area contributed by atoms with Gasteiger partial charge in [0.1, 0.15) is 18.1 Å². The minimum Gasteiger partial charge on any atom is -0.489 e. The molecule has 0 aliphatic heterocycles. The lowest BCUT2D eigenvalue weighted by Crippen LogP contribution is -2.40. The minimum atomic E-state index is -0.259. The van der Waals surface area contributed by atoms with Crippen molar-refractivity contribution in [3.8, 4) is 11.8 Å². The van der Waals surface area contributed by atoms with Crippen molar-refractivity contribution in [2.24, 2.45) is 0 Å². The number of hydrogen-bond donors (Lipinski definition) is 1. The number of hydrogen-bond acceptors (Lipinski definition) is 7. The fraction of sp³-hybridized carbons (Fsp3) is 0.375. The van der Waals surface area contributed by atoms with Crippen LogP contribution in [0.3, 0.4) is 0 Å². The van der Waals surface area contributed by atoms with E-state index in [4.69, 9.17) is 10.00 Å². The fourth-order valence-corrected chi connectivity index (χ4v) is 3.11. The van der Waals surface area contributed by atoms with E-state index in [2.05, 4.69) is 41.4 Å². The molecular weight excluding hydrogens is 388 g/mol. The topological polar surface area (TPSA) is 114 Å². The first-order valence-electron chi connectivity index (χ1n) is 7.81. The Kier molecular flexibility index (Phi) is 5.50. The van der Waals surface area contributed by atoms with Crippen LogP contribution in [0.1, 0.15) is 41.9 Å². The van der Waals surface area contributed by atoms with Crippen molar-refractivity contribution in [3.63, 3.8) is 0 Å². The maximum Gasteiger partial charge on any atom is 0.273 e. The lowest BCUT2D eigenvalue weighted by Gasteiger charge is -2.29. The van der Waals surface area contributed by atoms with Crippen molar-refractivity contribution in [2.75, 3.05) is 0 Å². The summed E-state index contributed by atoms with van der Waals surface area (Å²) >= 11 is 3.30. The van der Waals surface area contributed by atoms with Crippen LogP contribution < -0.4 is 10.1 Å². The third-order valence-corrected chi connectivity index (χ3v) is 4.55. The van der Waals surface area contributed by atoms with Crippen LogP contribution in [0.2, 0.25) is 0 Å². The molecule has 3 rings (SSSR count). The van der Waals surface area contributed by atoms with E-state index in [-0.39, 0.29) is 23.7 Å². The van der Waals surface area contributed by atoms with Gasteiger partial charge in [-0.3, -0.25) is 4.79 Å². The van der Waals surface area contributed by atoms with Crippen molar-refractivity contribution >= 4 is 21.8 Å². The van der Waals surface area contributed by atoms with Crippen LogP contribution in [0.5, 0.6) is 5.75 Å². The summed E-state index contributed by atoms with van der Waals surface area (Å²) in [6, 6.07) is 3.83. The van der Waals surface area contributed by atoms with E-state index in [1.165, 1.54) is 12.5 Å². The summed E-state index contributed by atoms with van der Waals surface area (Å²) in [7, 11) is 0. The predicted octanol–water partition coefficient (Wildman–Crippen LogP) is 2.02. The molecule has 0 radical (unpaired) electrons. The van der Waals surface area contributed by atoms with Gasteiger partial charge in [0.25, 0.3) is 5.91 Å². The molecule has 1 N–H and O–H groups in total. The molecule has 0 atom stereocenters. The SMILES string of the molecule is N#Cc1ncc(O[C@H]2CC[C@H](NC(=O)c3cncnn3)CC2)cc1Br. The molecule has 1 fully saturated rings. The summed E-state index contributed by atoms with van der Waals surface area (Å²) in [5.41, 5.74) is 0.548. The summed E-state index contributed by atoms with van der Waals surface area (Å²) < 4.78 is 6.54. The Balaban J connectivity index is 1.50. The van der Waals surface area contributed by atoms with Gasteiger partial charge in [-0.25, -0.2) is 9.97 Å². The molecule has 1 aliphatic rings. The average molecular weight is 403 g/mol. The fourth-order valence-electron chi connectivity index (χ4n) is 2.70. The quantitative estimate of drug-likeness (QED) is 0.831. The minimum absolute atomic E-state index is 0.0629. The van der Waals surface area contributed by atoms with Gasteiger partial charge < -0.3 is 10.1 Å². The van der Waals surface area contributed by atoms with Crippen LogP contribution >= 0.6 is 15.9 Å². The lowest BCUT2D eigenvalue weighted by molar-refractivity contribution is 0.0887. The van der Waals surface area contributed by atoms with E-state index in [1.807, 2.05) is 6.07 Å². The molecule has 8 nitrogen and oxygen atoms in total. The molecule has 2 heterocycles. The van der Waals surface area contributed by atoms with Gasteiger partial charge in [-0.2, -0.15) is 5.26 Å². The smallest absolute Gasteiger partial charge is 0.273 e.